The third-order valence-electron chi connectivity index (χ3n) is 5.74. The molecule has 3 heterocycles. The van der Waals surface area contributed by atoms with Gasteiger partial charge in [0.25, 0.3) is 5.91 Å². The molecular formula is C21H28ClN5O2. The first-order valence-electron chi connectivity index (χ1n) is 10.0. The van der Waals surface area contributed by atoms with Crippen molar-refractivity contribution in [1.82, 2.24) is 20.0 Å². The van der Waals surface area contributed by atoms with E-state index >= 15 is 0 Å². The summed E-state index contributed by atoms with van der Waals surface area (Å²) in [7, 11) is 1.71. The number of piperidine rings is 2. The molecule has 1 aromatic heterocycles. The number of para-hydroxylation sites is 1. The van der Waals surface area contributed by atoms with Crippen molar-refractivity contribution in [3.8, 4) is 0 Å². The Labute approximate surface area is 177 Å². The lowest BCUT2D eigenvalue weighted by molar-refractivity contribution is -0.124. The number of hydrogen-bond acceptors (Lipinski definition) is 4. The fraction of sp³-hybridized carbons (Fsp3) is 0.476. The summed E-state index contributed by atoms with van der Waals surface area (Å²) in [6.45, 7) is 2.59. The summed E-state index contributed by atoms with van der Waals surface area (Å²) >= 11 is 0. The van der Waals surface area contributed by atoms with Gasteiger partial charge in [-0.15, -0.1) is 12.4 Å². The fourth-order valence-corrected chi connectivity index (χ4v) is 4.12. The molecule has 4 rings (SSSR count). The minimum Gasteiger partial charge on any atom is -0.328 e. The van der Waals surface area contributed by atoms with Crippen LogP contribution in [0.15, 0.2) is 42.6 Å². The highest BCUT2D eigenvalue weighted by molar-refractivity contribution is 6.02. The summed E-state index contributed by atoms with van der Waals surface area (Å²) in [6.07, 6.45) is 5.59. The average Bonchev–Trinajstić information content (AvgIpc) is 3.24. The van der Waals surface area contributed by atoms with E-state index in [1.807, 2.05) is 41.2 Å². The van der Waals surface area contributed by atoms with Gasteiger partial charge in [0.2, 0.25) is 5.91 Å². The van der Waals surface area contributed by atoms with E-state index in [4.69, 9.17) is 0 Å². The summed E-state index contributed by atoms with van der Waals surface area (Å²) in [6, 6.07) is 11.2. The number of carbonyl (C=O) groups excluding carboxylic acids is 2. The van der Waals surface area contributed by atoms with Gasteiger partial charge in [-0.1, -0.05) is 18.2 Å². The van der Waals surface area contributed by atoms with Crippen molar-refractivity contribution in [2.75, 3.05) is 31.6 Å². The Bertz CT molecular complexity index is 835. The van der Waals surface area contributed by atoms with Gasteiger partial charge in [-0.3, -0.25) is 14.3 Å². The van der Waals surface area contributed by atoms with Gasteiger partial charge in [0.15, 0.2) is 0 Å². The molecule has 7 nitrogen and oxygen atoms in total. The van der Waals surface area contributed by atoms with Crippen LogP contribution < -0.4 is 10.2 Å². The highest BCUT2D eigenvalue weighted by Crippen LogP contribution is 2.24. The number of amides is 2. The van der Waals surface area contributed by atoms with Gasteiger partial charge in [0.05, 0.1) is 6.04 Å². The maximum absolute atomic E-state index is 13.1. The fourth-order valence-electron chi connectivity index (χ4n) is 4.12. The number of likely N-dealkylation sites (N-methyl/N-ethyl adjacent to an activating group) is 1. The molecule has 0 radical (unpaired) electrons. The van der Waals surface area contributed by atoms with E-state index in [9.17, 15) is 9.59 Å². The zero-order chi connectivity index (χ0) is 19.5. The first kappa shape index (κ1) is 21.3. The SMILES string of the molecule is CN(C(=O)c1ccn(C2CCCNC2)n1)C1CCCN(c2ccccc2)C1=O.Cl. The summed E-state index contributed by atoms with van der Waals surface area (Å²) < 4.78 is 1.88. The molecule has 2 amide bonds. The van der Waals surface area contributed by atoms with Crippen molar-refractivity contribution >= 4 is 29.9 Å². The second-order valence-electron chi connectivity index (χ2n) is 7.58. The van der Waals surface area contributed by atoms with E-state index in [0.717, 1.165) is 38.0 Å². The minimum atomic E-state index is -0.456. The van der Waals surface area contributed by atoms with Gasteiger partial charge in [-0.25, -0.2) is 0 Å². The van der Waals surface area contributed by atoms with Crippen LogP contribution in [0, 0.1) is 0 Å². The maximum Gasteiger partial charge on any atom is 0.274 e. The molecule has 0 bridgehead atoms. The Balaban J connectivity index is 0.00000240. The molecule has 0 saturated carbocycles. The zero-order valence-electron chi connectivity index (χ0n) is 16.7. The summed E-state index contributed by atoms with van der Waals surface area (Å²) in [5.74, 6) is -0.222. The molecule has 0 spiro atoms. The van der Waals surface area contributed by atoms with Gasteiger partial charge in [-0.05, 0) is 50.4 Å². The van der Waals surface area contributed by atoms with Crippen molar-refractivity contribution in [3.63, 3.8) is 0 Å². The van der Waals surface area contributed by atoms with Gasteiger partial charge in [-0.2, -0.15) is 5.10 Å². The topological polar surface area (TPSA) is 70.5 Å². The third-order valence-corrected chi connectivity index (χ3v) is 5.74. The number of benzene rings is 1. The molecule has 2 aromatic rings. The molecule has 8 heteroatoms. The normalized spacial score (nSPS) is 22.1. The van der Waals surface area contributed by atoms with E-state index < -0.39 is 6.04 Å². The quantitative estimate of drug-likeness (QED) is 0.829. The monoisotopic (exact) mass is 417 g/mol. The van der Waals surface area contributed by atoms with Crippen LogP contribution in [0.5, 0.6) is 0 Å². The summed E-state index contributed by atoms with van der Waals surface area (Å²) in [4.78, 5) is 29.4. The van der Waals surface area contributed by atoms with Gasteiger partial charge in [0.1, 0.15) is 11.7 Å². The standard InChI is InChI=1S/C21H27N5O2.ClH/c1-24(19-10-6-13-25(21(19)28)16-7-3-2-4-8-16)20(27)18-11-14-26(23-18)17-9-5-12-22-15-17;/h2-4,7-8,11,14,17,19,22H,5-6,9-10,12-13,15H2,1H3;1H. The lowest BCUT2D eigenvalue weighted by Crippen LogP contribution is -2.53. The van der Waals surface area contributed by atoms with Crippen molar-refractivity contribution in [3.05, 3.63) is 48.3 Å². The molecule has 1 N–H and O–H groups in total. The average molecular weight is 418 g/mol. The largest absolute Gasteiger partial charge is 0.328 e. The van der Waals surface area contributed by atoms with E-state index in [0.29, 0.717) is 18.7 Å². The van der Waals surface area contributed by atoms with Crippen LogP contribution in [-0.2, 0) is 4.79 Å². The molecular weight excluding hydrogens is 390 g/mol. The highest BCUT2D eigenvalue weighted by atomic mass is 35.5. The van der Waals surface area contributed by atoms with Gasteiger partial charge >= 0.3 is 0 Å². The zero-order valence-corrected chi connectivity index (χ0v) is 17.5. The van der Waals surface area contributed by atoms with Crippen molar-refractivity contribution in [2.24, 2.45) is 0 Å². The maximum atomic E-state index is 13.1. The van der Waals surface area contributed by atoms with E-state index in [1.165, 1.54) is 0 Å². The minimum absolute atomic E-state index is 0. The lowest BCUT2D eigenvalue weighted by atomic mass is 10.0. The predicted molar refractivity (Wildman–Crippen MR) is 115 cm³/mol. The van der Waals surface area contributed by atoms with E-state index in [2.05, 4.69) is 10.4 Å². The molecule has 2 aliphatic heterocycles. The second-order valence-corrected chi connectivity index (χ2v) is 7.58. The lowest BCUT2D eigenvalue weighted by Gasteiger charge is -2.36. The number of carbonyl (C=O) groups is 2. The number of rotatable bonds is 4. The van der Waals surface area contributed by atoms with E-state index in [1.54, 1.807) is 22.9 Å². The molecule has 156 valence electrons. The van der Waals surface area contributed by atoms with Crippen LogP contribution in [0.25, 0.3) is 0 Å². The highest BCUT2D eigenvalue weighted by Gasteiger charge is 2.35. The van der Waals surface area contributed by atoms with E-state index in [-0.39, 0.29) is 30.3 Å². The van der Waals surface area contributed by atoms with Crippen LogP contribution >= 0.6 is 12.4 Å². The van der Waals surface area contributed by atoms with Crippen LogP contribution in [0.4, 0.5) is 5.69 Å². The van der Waals surface area contributed by atoms with Crippen LogP contribution in [0.3, 0.4) is 0 Å². The number of hydrogen-bond donors (Lipinski definition) is 1. The Morgan fingerprint density at radius 1 is 1.17 bits per heavy atom. The van der Waals surface area contributed by atoms with Crippen molar-refractivity contribution < 1.29 is 9.59 Å². The van der Waals surface area contributed by atoms with Gasteiger partial charge in [0, 0.05) is 32.0 Å². The first-order chi connectivity index (χ1) is 13.6. The molecule has 2 unspecified atom stereocenters. The number of anilines is 1. The van der Waals surface area contributed by atoms with Crippen molar-refractivity contribution in [1.29, 1.82) is 0 Å². The van der Waals surface area contributed by atoms with Crippen LogP contribution in [0.1, 0.15) is 42.2 Å². The number of nitrogens with zero attached hydrogens (tertiary/aromatic N) is 4. The molecule has 2 fully saturated rings. The molecule has 2 atom stereocenters. The summed E-state index contributed by atoms with van der Waals surface area (Å²) in [5.41, 5.74) is 1.28. The Morgan fingerprint density at radius 3 is 2.69 bits per heavy atom. The number of aromatic nitrogens is 2. The first-order valence-corrected chi connectivity index (χ1v) is 10.0. The molecule has 2 aliphatic rings. The predicted octanol–water partition coefficient (Wildman–Crippen LogP) is 2.50. The summed E-state index contributed by atoms with van der Waals surface area (Å²) in [5, 5.41) is 7.88. The molecule has 2 saturated heterocycles. The third kappa shape index (κ3) is 4.46. The Morgan fingerprint density at radius 2 is 1.97 bits per heavy atom. The van der Waals surface area contributed by atoms with Crippen LogP contribution in [0.2, 0.25) is 0 Å². The molecule has 1 aromatic carbocycles. The van der Waals surface area contributed by atoms with Crippen molar-refractivity contribution in [2.45, 2.75) is 37.8 Å². The Hall–Kier alpha value is -2.38. The number of nitrogens with one attached hydrogen (secondary N) is 1. The second kappa shape index (κ2) is 9.41. The Kier molecular flexibility index (Phi) is 6.92. The molecule has 0 aliphatic carbocycles. The number of halogens is 1. The smallest absolute Gasteiger partial charge is 0.274 e. The molecule has 29 heavy (non-hydrogen) atoms. The van der Waals surface area contributed by atoms with Crippen LogP contribution in [-0.4, -0.2) is 59.2 Å². The van der Waals surface area contributed by atoms with Gasteiger partial charge < -0.3 is 15.1 Å².